The lowest BCUT2D eigenvalue weighted by atomic mass is 10.4. The lowest BCUT2D eigenvalue weighted by Crippen LogP contribution is -2.14. The molecule has 0 saturated carbocycles. The number of nitrogens with one attached hydrogen (secondary N) is 1. The molecule has 1 aromatic carbocycles. The predicted octanol–water partition coefficient (Wildman–Crippen LogP) is 2.28. The lowest BCUT2D eigenvalue weighted by Gasteiger charge is -2.05. The van der Waals surface area contributed by atoms with E-state index in [1.54, 1.807) is 41.9 Å². The fourth-order valence-corrected chi connectivity index (χ4v) is 4.94. The normalized spacial score (nSPS) is 11.5. The van der Waals surface area contributed by atoms with Crippen LogP contribution in [0.15, 0.2) is 45.8 Å². The van der Waals surface area contributed by atoms with Gasteiger partial charge in [-0.05, 0) is 19.1 Å². The van der Waals surface area contributed by atoms with Crippen LogP contribution in [0.2, 0.25) is 0 Å². The average Bonchev–Trinajstić information content (AvgIpc) is 3.20. The summed E-state index contributed by atoms with van der Waals surface area (Å²) in [5.74, 6) is -0.0325. The molecular formula is C16H17N5O3S3. The third-order valence-electron chi connectivity index (χ3n) is 3.54. The van der Waals surface area contributed by atoms with Crippen molar-refractivity contribution >= 4 is 44.0 Å². The summed E-state index contributed by atoms with van der Waals surface area (Å²) in [6.45, 7) is 1.85. The predicted molar refractivity (Wildman–Crippen MR) is 105 cm³/mol. The second kappa shape index (κ2) is 8.19. The molecular weight excluding hydrogens is 406 g/mol. The molecule has 1 N–H and O–H groups in total. The minimum atomic E-state index is -3.51. The number of thioether (sulfide) groups is 1. The molecule has 0 saturated heterocycles. The van der Waals surface area contributed by atoms with Crippen LogP contribution in [0.3, 0.4) is 0 Å². The van der Waals surface area contributed by atoms with Gasteiger partial charge in [0.1, 0.15) is 11.6 Å². The number of benzene rings is 1. The number of aromatic nitrogens is 4. The molecule has 8 nitrogen and oxygen atoms in total. The van der Waals surface area contributed by atoms with Crippen molar-refractivity contribution in [1.82, 2.24) is 19.7 Å². The fourth-order valence-electron chi connectivity index (χ4n) is 2.17. The second-order valence-corrected chi connectivity index (χ2v) is 9.45. The number of rotatable bonds is 7. The van der Waals surface area contributed by atoms with Crippen LogP contribution in [0.4, 0.5) is 5.13 Å². The highest BCUT2D eigenvalue weighted by atomic mass is 32.2. The summed E-state index contributed by atoms with van der Waals surface area (Å²) < 4.78 is 26.5. The van der Waals surface area contributed by atoms with Crippen LogP contribution in [0.5, 0.6) is 0 Å². The van der Waals surface area contributed by atoms with Crippen LogP contribution < -0.4 is 5.32 Å². The number of thiazole rings is 1. The number of sulfone groups is 1. The Morgan fingerprint density at radius 3 is 2.67 bits per heavy atom. The molecule has 0 spiro atoms. The van der Waals surface area contributed by atoms with Crippen molar-refractivity contribution in [3.05, 3.63) is 47.2 Å². The van der Waals surface area contributed by atoms with Gasteiger partial charge in [-0.25, -0.2) is 13.4 Å². The maximum Gasteiger partial charge on any atom is 0.236 e. The summed E-state index contributed by atoms with van der Waals surface area (Å²) in [4.78, 5) is 16.4. The van der Waals surface area contributed by atoms with Gasteiger partial charge < -0.3 is 9.88 Å². The molecule has 0 radical (unpaired) electrons. The van der Waals surface area contributed by atoms with Crippen molar-refractivity contribution in [2.24, 2.45) is 7.05 Å². The summed E-state index contributed by atoms with van der Waals surface area (Å²) in [6, 6.07) is 8.20. The number of amides is 1. The van der Waals surface area contributed by atoms with Gasteiger partial charge in [0.05, 0.1) is 16.3 Å². The first-order valence-corrected chi connectivity index (χ1v) is 11.4. The van der Waals surface area contributed by atoms with Gasteiger partial charge in [0.25, 0.3) is 0 Å². The first-order chi connectivity index (χ1) is 12.8. The van der Waals surface area contributed by atoms with Crippen molar-refractivity contribution in [3.63, 3.8) is 0 Å². The maximum absolute atomic E-state index is 12.5. The Kier molecular flexibility index (Phi) is 5.92. The van der Waals surface area contributed by atoms with E-state index in [2.05, 4.69) is 20.5 Å². The number of carbonyl (C=O) groups excluding carboxylic acids is 1. The molecule has 0 aliphatic heterocycles. The van der Waals surface area contributed by atoms with E-state index in [1.807, 2.05) is 12.3 Å². The van der Waals surface area contributed by atoms with Gasteiger partial charge in [0.15, 0.2) is 20.1 Å². The van der Waals surface area contributed by atoms with E-state index in [-0.39, 0.29) is 22.3 Å². The molecule has 142 valence electrons. The Hall–Kier alpha value is -2.24. The molecule has 0 atom stereocenters. The van der Waals surface area contributed by atoms with E-state index in [0.29, 0.717) is 16.1 Å². The second-order valence-electron chi connectivity index (χ2n) is 5.66. The molecule has 0 aliphatic carbocycles. The third-order valence-corrected chi connectivity index (χ3v) is 7.07. The standard InChI is InChI=1S/C16H17N5O3S3/c1-11-8-25-15(17-11)18-14(22)9-26-16-20-19-13(21(16)2)10-27(23,24)12-6-4-3-5-7-12/h3-8H,9-10H2,1-2H3,(H,17,18,22). The number of hydrogen-bond acceptors (Lipinski definition) is 8. The Morgan fingerprint density at radius 2 is 2.00 bits per heavy atom. The van der Waals surface area contributed by atoms with Crippen molar-refractivity contribution in [3.8, 4) is 0 Å². The monoisotopic (exact) mass is 423 g/mol. The minimum absolute atomic E-state index is 0.121. The van der Waals surface area contributed by atoms with Crippen LogP contribution in [0.25, 0.3) is 0 Å². The molecule has 11 heteroatoms. The number of hydrogen-bond donors (Lipinski definition) is 1. The van der Waals surface area contributed by atoms with Gasteiger partial charge in [-0.15, -0.1) is 21.5 Å². The van der Waals surface area contributed by atoms with Gasteiger partial charge in [-0.1, -0.05) is 30.0 Å². The highest BCUT2D eigenvalue weighted by Gasteiger charge is 2.20. The van der Waals surface area contributed by atoms with Gasteiger partial charge in [-0.3, -0.25) is 4.79 Å². The Morgan fingerprint density at radius 1 is 1.26 bits per heavy atom. The minimum Gasteiger partial charge on any atom is -0.308 e. The molecule has 0 unspecified atom stereocenters. The van der Waals surface area contributed by atoms with E-state index < -0.39 is 9.84 Å². The quantitative estimate of drug-likeness (QED) is 0.581. The molecule has 3 rings (SSSR count). The van der Waals surface area contributed by atoms with Crippen molar-refractivity contribution in [1.29, 1.82) is 0 Å². The molecule has 1 amide bonds. The number of nitrogens with zero attached hydrogens (tertiary/aromatic N) is 4. The zero-order valence-corrected chi connectivity index (χ0v) is 17.1. The van der Waals surface area contributed by atoms with Crippen molar-refractivity contribution in [2.45, 2.75) is 22.7 Å². The SMILES string of the molecule is Cc1csc(NC(=O)CSc2nnc(CS(=O)(=O)c3ccccc3)n2C)n1. The highest BCUT2D eigenvalue weighted by Crippen LogP contribution is 2.20. The molecule has 3 aromatic rings. The Balaban J connectivity index is 1.62. The van der Waals surface area contributed by atoms with Gasteiger partial charge in [0, 0.05) is 12.4 Å². The van der Waals surface area contributed by atoms with E-state index >= 15 is 0 Å². The van der Waals surface area contributed by atoms with Crippen LogP contribution >= 0.6 is 23.1 Å². The summed E-state index contributed by atoms with van der Waals surface area (Å²) in [5.41, 5.74) is 0.848. The topological polar surface area (TPSA) is 107 Å². The van der Waals surface area contributed by atoms with Crippen LogP contribution in [-0.2, 0) is 27.4 Å². The smallest absolute Gasteiger partial charge is 0.236 e. The van der Waals surface area contributed by atoms with Gasteiger partial charge in [0.2, 0.25) is 5.91 Å². The molecule has 0 aliphatic rings. The largest absolute Gasteiger partial charge is 0.308 e. The van der Waals surface area contributed by atoms with E-state index in [1.165, 1.54) is 23.1 Å². The van der Waals surface area contributed by atoms with Crippen molar-refractivity contribution in [2.75, 3.05) is 11.1 Å². The zero-order chi connectivity index (χ0) is 19.4. The van der Waals surface area contributed by atoms with Crippen LogP contribution in [0, 0.1) is 6.92 Å². The molecule has 27 heavy (non-hydrogen) atoms. The molecule has 0 bridgehead atoms. The average molecular weight is 424 g/mol. The number of anilines is 1. The molecule has 2 aromatic heterocycles. The molecule has 2 heterocycles. The highest BCUT2D eigenvalue weighted by molar-refractivity contribution is 7.99. The number of aryl methyl sites for hydroxylation is 1. The fraction of sp³-hybridized carbons (Fsp3) is 0.250. The van der Waals surface area contributed by atoms with Gasteiger partial charge >= 0.3 is 0 Å². The van der Waals surface area contributed by atoms with E-state index in [9.17, 15) is 13.2 Å². The summed E-state index contributed by atoms with van der Waals surface area (Å²) in [6.07, 6.45) is 0. The maximum atomic E-state index is 12.5. The zero-order valence-electron chi connectivity index (χ0n) is 14.6. The third kappa shape index (κ3) is 4.93. The van der Waals surface area contributed by atoms with Gasteiger partial charge in [-0.2, -0.15) is 0 Å². The summed E-state index contributed by atoms with van der Waals surface area (Å²) >= 11 is 2.54. The van der Waals surface area contributed by atoms with E-state index in [4.69, 9.17) is 0 Å². The summed E-state index contributed by atoms with van der Waals surface area (Å²) in [7, 11) is -1.83. The Bertz CT molecular complexity index is 1040. The van der Waals surface area contributed by atoms with E-state index in [0.717, 1.165) is 5.69 Å². The van der Waals surface area contributed by atoms with Crippen molar-refractivity contribution < 1.29 is 13.2 Å². The number of carbonyl (C=O) groups is 1. The Labute approximate surface area is 165 Å². The van der Waals surface area contributed by atoms with Crippen LogP contribution in [-0.4, -0.2) is 39.8 Å². The van der Waals surface area contributed by atoms with Crippen LogP contribution in [0.1, 0.15) is 11.5 Å². The lowest BCUT2D eigenvalue weighted by molar-refractivity contribution is -0.113. The first-order valence-electron chi connectivity index (χ1n) is 7.86. The first kappa shape index (κ1) is 19.5. The summed E-state index contributed by atoms with van der Waals surface area (Å²) in [5, 5.41) is 13.5. The molecule has 0 fully saturated rings.